The minimum absolute atomic E-state index is 0.846. The highest BCUT2D eigenvalue weighted by atomic mass is 16.1. The van der Waals surface area contributed by atoms with E-state index in [1.165, 1.54) is 16.7 Å². The first-order valence-electron chi connectivity index (χ1n) is 5.81. The molecule has 0 N–H and O–H groups in total. The first-order chi connectivity index (χ1) is 7.24. The number of hydrogen-bond acceptors (Lipinski definition) is 1. The Hall–Kier alpha value is -1.11. The van der Waals surface area contributed by atoms with Crippen molar-refractivity contribution in [3.05, 3.63) is 34.4 Å². The Morgan fingerprint density at radius 2 is 1.80 bits per heavy atom. The van der Waals surface area contributed by atoms with Gasteiger partial charge in [0.25, 0.3) is 0 Å². The van der Waals surface area contributed by atoms with Crippen LogP contribution in [0.1, 0.15) is 53.7 Å². The van der Waals surface area contributed by atoms with Crippen molar-refractivity contribution in [3.63, 3.8) is 0 Å². The summed E-state index contributed by atoms with van der Waals surface area (Å²) in [4.78, 5) is 10.9. The van der Waals surface area contributed by atoms with Gasteiger partial charge in [0, 0.05) is 5.56 Å². The highest BCUT2D eigenvalue weighted by Gasteiger charge is 2.08. The molecule has 0 saturated heterocycles. The summed E-state index contributed by atoms with van der Waals surface area (Å²) in [6.45, 7) is 6.44. The van der Waals surface area contributed by atoms with Crippen LogP contribution in [0.5, 0.6) is 0 Å². The van der Waals surface area contributed by atoms with E-state index in [1.54, 1.807) is 0 Å². The molecule has 0 aromatic heterocycles. The molecule has 1 rings (SSSR count). The van der Waals surface area contributed by atoms with E-state index in [4.69, 9.17) is 0 Å². The Morgan fingerprint density at radius 3 is 2.33 bits per heavy atom. The van der Waals surface area contributed by atoms with Crippen LogP contribution in [0.15, 0.2) is 12.1 Å². The molecule has 0 saturated carbocycles. The molecule has 0 aliphatic rings. The van der Waals surface area contributed by atoms with Crippen LogP contribution in [0.3, 0.4) is 0 Å². The second-order valence-corrected chi connectivity index (χ2v) is 4.04. The maximum absolute atomic E-state index is 10.9. The molecule has 0 radical (unpaired) electrons. The Labute approximate surface area is 92.5 Å². The summed E-state index contributed by atoms with van der Waals surface area (Å²) >= 11 is 0. The van der Waals surface area contributed by atoms with Gasteiger partial charge in [0.1, 0.15) is 6.29 Å². The fourth-order valence-corrected chi connectivity index (χ4v) is 2.06. The fourth-order valence-electron chi connectivity index (χ4n) is 2.06. The average molecular weight is 204 g/mol. The lowest BCUT2D eigenvalue weighted by Gasteiger charge is -2.13. The number of benzene rings is 1. The molecule has 1 nitrogen and oxygen atoms in total. The number of hydrogen-bond donors (Lipinski definition) is 0. The van der Waals surface area contributed by atoms with E-state index in [-0.39, 0.29) is 0 Å². The number of aryl methyl sites for hydroxylation is 1. The molecule has 0 unspecified atom stereocenters. The molecule has 15 heavy (non-hydrogen) atoms. The van der Waals surface area contributed by atoms with Crippen molar-refractivity contribution < 1.29 is 4.79 Å². The molecule has 82 valence electrons. The molecule has 0 fully saturated rings. The van der Waals surface area contributed by atoms with Crippen molar-refractivity contribution >= 4 is 6.29 Å². The molecular weight excluding hydrogens is 184 g/mol. The molecule has 1 aromatic carbocycles. The van der Waals surface area contributed by atoms with E-state index in [0.717, 1.165) is 37.5 Å². The maximum atomic E-state index is 10.9. The molecule has 0 heterocycles. The van der Waals surface area contributed by atoms with Crippen LogP contribution in [0.4, 0.5) is 0 Å². The fraction of sp³-hybridized carbons (Fsp3) is 0.500. The molecule has 0 spiro atoms. The topological polar surface area (TPSA) is 17.1 Å². The summed E-state index contributed by atoms with van der Waals surface area (Å²) in [6.07, 6.45) is 5.47. The second kappa shape index (κ2) is 5.69. The van der Waals surface area contributed by atoms with E-state index in [9.17, 15) is 4.79 Å². The minimum atomic E-state index is 0.846. The lowest BCUT2D eigenvalue weighted by Crippen LogP contribution is -2.00. The summed E-state index contributed by atoms with van der Waals surface area (Å²) in [5.41, 5.74) is 4.84. The largest absolute Gasteiger partial charge is 0.298 e. The molecular formula is C14H20O. The maximum Gasteiger partial charge on any atom is 0.150 e. The van der Waals surface area contributed by atoms with Gasteiger partial charge in [-0.15, -0.1) is 0 Å². The summed E-state index contributed by atoms with van der Waals surface area (Å²) in [5.74, 6) is 0. The monoisotopic (exact) mass is 204 g/mol. The van der Waals surface area contributed by atoms with Gasteiger partial charge in [-0.25, -0.2) is 0 Å². The first-order valence-corrected chi connectivity index (χ1v) is 5.81. The third kappa shape index (κ3) is 2.68. The zero-order valence-electron chi connectivity index (χ0n) is 9.97. The normalized spacial score (nSPS) is 10.3. The lowest BCUT2D eigenvalue weighted by atomic mass is 9.92. The van der Waals surface area contributed by atoms with Crippen LogP contribution in [-0.2, 0) is 12.8 Å². The summed E-state index contributed by atoms with van der Waals surface area (Å²) in [7, 11) is 0. The van der Waals surface area contributed by atoms with Crippen molar-refractivity contribution in [2.45, 2.75) is 46.5 Å². The zero-order valence-corrected chi connectivity index (χ0v) is 9.97. The zero-order chi connectivity index (χ0) is 11.3. The molecule has 1 heteroatoms. The van der Waals surface area contributed by atoms with Gasteiger partial charge in [0.05, 0.1) is 0 Å². The van der Waals surface area contributed by atoms with Crippen LogP contribution >= 0.6 is 0 Å². The number of aldehydes is 1. The molecule has 0 bridgehead atoms. The van der Waals surface area contributed by atoms with Gasteiger partial charge in [-0.05, 0) is 36.5 Å². The smallest absolute Gasteiger partial charge is 0.150 e. The number of carbonyl (C=O) groups is 1. The summed E-state index contributed by atoms with van der Waals surface area (Å²) in [6, 6.07) is 4.07. The van der Waals surface area contributed by atoms with Crippen LogP contribution < -0.4 is 0 Å². The van der Waals surface area contributed by atoms with Gasteiger partial charge in [-0.3, -0.25) is 4.79 Å². The predicted molar refractivity (Wildman–Crippen MR) is 64.6 cm³/mol. The van der Waals surface area contributed by atoms with Crippen molar-refractivity contribution in [3.8, 4) is 0 Å². The minimum Gasteiger partial charge on any atom is -0.298 e. The molecule has 1 aromatic rings. The van der Waals surface area contributed by atoms with Gasteiger partial charge in [0.15, 0.2) is 0 Å². The Balaban J connectivity index is 3.17. The van der Waals surface area contributed by atoms with Gasteiger partial charge in [-0.1, -0.05) is 38.8 Å². The van der Waals surface area contributed by atoms with Crippen molar-refractivity contribution in [2.24, 2.45) is 0 Å². The van der Waals surface area contributed by atoms with E-state index < -0.39 is 0 Å². The van der Waals surface area contributed by atoms with Gasteiger partial charge in [0.2, 0.25) is 0 Å². The SMILES string of the molecule is CCCc1ccc(C=O)c(C)c1CCC. The van der Waals surface area contributed by atoms with E-state index in [1.807, 2.05) is 6.07 Å². The average Bonchev–Trinajstić information content (AvgIpc) is 2.24. The van der Waals surface area contributed by atoms with Gasteiger partial charge < -0.3 is 0 Å². The Bertz CT molecular complexity index is 339. The van der Waals surface area contributed by atoms with E-state index in [2.05, 4.69) is 26.8 Å². The Morgan fingerprint density at radius 1 is 1.13 bits per heavy atom. The van der Waals surface area contributed by atoms with Crippen LogP contribution in [0, 0.1) is 6.92 Å². The summed E-state index contributed by atoms with van der Waals surface area (Å²) in [5, 5.41) is 0. The first kappa shape index (κ1) is 12.0. The van der Waals surface area contributed by atoms with E-state index >= 15 is 0 Å². The van der Waals surface area contributed by atoms with Gasteiger partial charge >= 0.3 is 0 Å². The third-order valence-corrected chi connectivity index (χ3v) is 2.88. The van der Waals surface area contributed by atoms with Gasteiger partial charge in [-0.2, -0.15) is 0 Å². The third-order valence-electron chi connectivity index (χ3n) is 2.88. The van der Waals surface area contributed by atoms with Crippen LogP contribution in [0.2, 0.25) is 0 Å². The van der Waals surface area contributed by atoms with Crippen LogP contribution in [-0.4, -0.2) is 6.29 Å². The number of carbonyl (C=O) groups excluding carboxylic acids is 1. The quantitative estimate of drug-likeness (QED) is 0.668. The predicted octanol–water partition coefficient (Wildman–Crippen LogP) is 3.71. The summed E-state index contributed by atoms with van der Waals surface area (Å²) < 4.78 is 0. The van der Waals surface area contributed by atoms with Crippen molar-refractivity contribution in [1.29, 1.82) is 0 Å². The Kier molecular flexibility index (Phi) is 4.54. The lowest BCUT2D eigenvalue weighted by molar-refractivity contribution is 0.112. The molecule has 0 amide bonds. The second-order valence-electron chi connectivity index (χ2n) is 4.04. The van der Waals surface area contributed by atoms with Crippen molar-refractivity contribution in [2.75, 3.05) is 0 Å². The highest BCUT2D eigenvalue weighted by molar-refractivity contribution is 5.78. The molecule has 0 aliphatic heterocycles. The standard InChI is InChI=1S/C14H20O/c1-4-6-12-8-9-13(10-15)11(3)14(12)7-5-2/h8-10H,4-7H2,1-3H3. The van der Waals surface area contributed by atoms with E-state index in [0.29, 0.717) is 0 Å². The highest BCUT2D eigenvalue weighted by Crippen LogP contribution is 2.20. The molecule has 0 atom stereocenters. The molecule has 0 aliphatic carbocycles. The van der Waals surface area contributed by atoms with Crippen molar-refractivity contribution in [1.82, 2.24) is 0 Å². The van der Waals surface area contributed by atoms with Crippen LogP contribution in [0.25, 0.3) is 0 Å². The number of rotatable bonds is 5.